The third-order valence-electron chi connectivity index (χ3n) is 11.5. The summed E-state index contributed by atoms with van der Waals surface area (Å²) in [6.07, 6.45) is 50.4. The van der Waals surface area contributed by atoms with Gasteiger partial charge in [-0.2, -0.15) is 0 Å². The molecule has 0 bridgehead atoms. The van der Waals surface area contributed by atoms with Gasteiger partial charge in [-0.25, -0.2) is 4.57 Å². The number of unbranched alkanes of at least 4 members (excludes halogenated alkanes) is 34. The maximum atomic E-state index is 12.6. The molecule has 0 aromatic rings. The smallest absolute Gasteiger partial charge is 0.457 e. The molecule has 60 heavy (non-hydrogen) atoms. The monoisotopic (exact) mass is 875 g/mol. The second kappa shape index (κ2) is 47.7. The van der Waals surface area contributed by atoms with Crippen molar-refractivity contribution >= 4 is 13.8 Å². The molecule has 0 aliphatic heterocycles. The fourth-order valence-corrected chi connectivity index (χ4v) is 8.32. The van der Waals surface area contributed by atoms with Gasteiger partial charge in [-0.1, -0.05) is 225 Å². The van der Waals surface area contributed by atoms with Crippen LogP contribution in [0.4, 0.5) is 0 Å². The van der Waals surface area contributed by atoms with Gasteiger partial charge in [0, 0.05) is 13.0 Å². The number of carbonyl (C=O) groups is 1. The lowest BCUT2D eigenvalue weighted by Gasteiger charge is -2.20. The van der Waals surface area contributed by atoms with Gasteiger partial charge in [0.25, 0.3) is 0 Å². The number of rotatable bonds is 50. The van der Waals surface area contributed by atoms with E-state index in [2.05, 4.69) is 26.0 Å². The summed E-state index contributed by atoms with van der Waals surface area (Å²) < 4.78 is 33.5. The van der Waals surface area contributed by atoms with Gasteiger partial charge in [-0.3, -0.25) is 13.8 Å². The number of aliphatic hydroxyl groups is 2. The first-order chi connectivity index (χ1) is 29.3. The highest BCUT2D eigenvalue weighted by molar-refractivity contribution is 7.47. The lowest BCUT2D eigenvalue weighted by Crippen LogP contribution is -2.29. The number of ether oxygens (including phenoxy) is 2. The Bertz CT molecular complexity index is 949. The zero-order valence-electron chi connectivity index (χ0n) is 39.5. The van der Waals surface area contributed by atoms with E-state index in [-0.39, 0.29) is 25.6 Å². The molecule has 3 N–H and O–H groups in total. The van der Waals surface area contributed by atoms with Crippen molar-refractivity contribution in [2.45, 2.75) is 270 Å². The molecule has 0 aliphatic carbocycles. The normalized spacial score (nSPS) is 13.9. The molecule has 0 saturated heterocycles. The lowest BCUT2D eigenvalue weighted by atomic mass is 10.0. The Morgan fingerprint density at radius 1 is 0.500 bits per heavy atom. The number of carbonyl (C=O) groups excluding carboxylic acids is 1. The minimum Gasteiger partial charge on any atom is -0.457 e. The molecule has 0 aliphatic rings. The highest BCUT2D eigenvalue weighted by Gasteiger charge is 2.26. The summed E-state index contributed by atoms with van der Waals surface area (Å²) in [5.41, 5.74) is 0. The van der Waals surface area contributed by atoms with Crippen LogP contribution >= 0.6 is 7.82 Å². The Hall–Kier alpha value is -0.800. The first-order valence-corrected chi connectivity index (χ1v) is 27.2. The molecule has 10 heteroatoms. The van der Waals surface area contributed by atoms with Crippen molar-refractivity contribution in [1.29, 1.82) is 0 Å². The van der Waals surface area contributed by atoms with Gasteiger partial charge in [0.05, 0.1) is 26.4 Å². The molecule has 358 valence electrons. The summed E-state index contributed by atoms with van der Waals surface area (Å²) in [6, 6.07) is 0. The van der Waals surface area contributed by atoms with Gasteiger partial charge >= 0.3 is 13.8 Å². The molecule has 0 saturated carbocycles. The quantitative estimate of drug-likeness (QED) is 0.0236. The van der Waals surface area contributed by atoms with Crippen LogP contribution in [0.2, 0.25) is 0 Å². The van der Waals surface area contributed by atoms with E-state index in [1.807, 2.05) is 0 Å². The lowest BCUT2D eigenvalue weighted by molar-refractivity contribution is -0.154. The van der Waals surface area contributed by atoms with Crippen molar-refractivity contribution in [2.24, 2.45) is 0 Å². The van der Waals surface area contributed by atoms with E-state index in [0.29, 0.717) is 6.61 Å². The van der Waals surface area contributed by atoms with Crippen LogP contribution in [-0.2, 0) is 27.9 Å². The first-order valence-electron chi connectivity index (χ1n) is 25.7. The Labute approximate surface area is 370 Å². The predicted octanol–water partition coefficient (Wildman–Crippen LogP) is 14.8. The summed E-state index contributed by atoms with van der Waals surface area (Å²) in [7, 11) is -4.52. The van der Waals surface area contributed by atoms with E-state index in [9.17, 15) is 19.4 Å². The van der Waals surface area contributed by atoms with E-state index in [1.165, 1.54) is 186 Å². The molecule has 0 amide bonds. The summed E-state index contributed by atoms with van der Waals surface area (Å²) in [5, 5.41) is 18.4. The van der Waals surface area contributed by atoms with Crippen LogP contribution in [0.25, 0.3) is 0 Å². The van der Waals surface area contributed by atoms with Crippen LogP contribution in [-0.4, -0.2) is 66.3 Å². The fraction of sp³-hybridized carbons (Fsp3) is 0.940. The highest BCUT2D eigenvalue weighted by atomic mass is 31.2. The minimum atomic E-state index is -4.52. The Morgan fingerprint density at radius 2 is 0.850 bits per heavy atom. The number of phosphoric ester groups is 1. The molecule has 0 radical (unpaired) electrons. The van der Waals surface area contributed by atoms with Gasteiger partial charge < -0.3 is 24.6 Å². The van der Waals surface area contributed by atoms with Crippen LogP contribution in [0, 0.1) is 0 Å². The summed E-state index contributed by atoms with van der Waals surface area (Å²) >= 11 is 0. The van der Waals surface area contributed by atoms with Gasteiger partial charge in [-0.05, 0) is 38.5 Å². The third kappa shape index (κ3) is 46.7. The molecule has 0 heterocycles. The maximum absolute atomic E-state index is 12.6. The molecule has 3 unspecified atom stereocenters. The molecule has 0 aromatic heterocycles. The van der Waals surface area contributed by atoms with Crippen molar-refractivity contribution in [1.82, 2.24) is 0 Å². The van der Waals surface area contributed by atoms with Gasteiger partial charge in [-0.15, -0.1) is 0 Å². The number of allylic oxidation sites excluding steroid dienone is 2. The van der Waals surface area contributed by atoms with Crippen LogP contribution < -0.4 is 0 Å². The topological polar surface area (TPSA) is 132 Å². The van der Waals surface area contributed by atoms with Crippen molar-refractivity contribution in [3.8, 4) is 0 Å². The van der Waals surface area contributed by atoms with Gasteiger partial charge in [0.15, 0.2) is 0 Å². The number of phosphoric acid groups is 1. The Balaban J connectivity index is 3.99. The molecule has 0 spiro atoms. The summed E-state index contributed by atoms with van der Waals surface area (Å²) in [5.74, 6) is -0.385. The molecule has 9 nitrogen and oxygen atoms in total. The molecular weight excluding hydrogens is 776 g/mol. The molecular formula is C50H99O9P. The Kier molecular flexibility index (Phi) is 47.0. The highest BCUT2D eigenvalue weighted by Crippen LogP contribution is 2.43. The summed E-state index contributed by atoms with van der Waals surface area (Å²) in [6.45, 7) is 3.57. The average molecular weight is 875 g/mol. The van der Waals surface area contributed by atoms with Gasteiger partial charge in [0.1, 0.15) is 12.2 Å². The summed E-state index contributed by atoms with van der Waals surface area (Å²) in [4.78, 5) is 22.6. The van der Waals surface area contributed by atoms with E-state index in [1.54, 1.807) is 0 Å². The zero-order chi connectivity index (χ0) is 43.9. The largest absolute Gasteiger partial charge is 0.472 e. The number of aliphatic hydroxyl groups excluding tert-OH is 2. The molecule has 0 rings (SSSR count). The Morgan fingerprint density at radius 3 is 1.25 bits per heavy atom. The van der Waals surface area contributed by atoms with Crippen LogP contribution in [0.3, 0.4) is 0 Å². The van der Waals surface area contributed by atoms with Gasteiger partial charge in [0.2, 0.25) is 0 Å². The molecule has 0 aromatic carbocycles. The van der Waals surface area contributed by atoms with Crippen molar-refractivity contribution in [3.63, 3.8) is 0 Å². The predicted molar refractivity (Wildman–Crippen MR) is 251 cm³/mol. The van der Waals surface area contributed by atoms with Crippen molar-refractivity contribution in [3.05, 3.63) is 12.2 Å². The second-order valence-corrected chi connectivity index (χ2v) is 19.0. The van der Waals surface area contributed by atoms with Crippen LogP contribution in [0.1, 0.15) is 258 Å². The standard InChI is InChI=1S/C50H99O9P/c1-3-5-7-9-11-13-15-17-19-20-21-22-23-24-25-26-27-29-31-33-35-37-39-41-43-56-46-49(47-58-60(54,55)57-45-48(52)44-51)59-50(53)42-40-38-36-34-32-30-28-18-16-14-12-10-8-6-4-2/h18,28,48-49,51-52H,3-17,19-27,29-47H2,1-2H3,(H,54,55)/b28-18-. The third-order valence-corrected chi connectivity index (χ3v) is 12.4. The van der Waals surface area contributed by atoms with E-state index in [0.717, 1.165) is 51.4 Å². The SMILES string of the molecule is CCCCCCCC/C=C\CCCCCCCC(=O)OC(COCCCCCCCCCCCCCCCCCCCCCCCCCC)COP(=O)(O)OCC(O)CO. The van der Waals surface area contributed by atoms with Crippen molar-refractivity contribution in [2.75, 3.05) is 33.0 Å². The number of hydrogen-bond acceptors (Lipinski definition) is 8. The maximum Gasteiger partial charge on any atom is 0.472 e. The van der Waals surface area contributed by atoms with E-state index >= 15 is 0 Å². The number of hydrogen-bond donors (Lipinski definition) is 3. The number of esters is 1. The fourth-order valence-electron chi connectivity index (χ4n) is 7.53. The molecule has 0 fully saturated rings. The molecule has 3 atom stereocenters. The average Bonchev–Trinajstić information content (AvgIpc) is 3.24. The zero-order valence-corrected chi connectivity index (χ0v) is 40.3. The van der Waals surface area contributed by atoms with E-state index in [4.69, 9.17) is 23.6 Å². The second-order valence-electron chi connectivity index (χ2n) is 17.5. The first kappa shape index (κ1) is 59.2. The van der Waals surface area contributed by atoms with Crippen molar-refractivity contribution < 1.29 is 43.0 Å². The minimum absolute atomic E-state index is 0.0523. The van der Waals surface area contributed by atoms with Crippen LogP contribution in [0.15, 0.2) is 12.2 Å². The van der Waals surface area contributed by atoms with Crippen LogP contribution in [0.5, 0.6) is 0 Å². The van der Waals surface area contributed by atoms with E-state index < -0.39 is 33.2 Å².